The normalized spacial score (nSPS) is 19.9. The van der Waals surface area contributed by atoms with Gasteiger partial charge in [-0.2, -0.15) is 0 Å². The molecule has 14 heavy (non-hydrogen) atoms. The van der Waals surface area contributed by atoms with Crippen LogP contribution in [0, 0.1) is 0 Å². The molecule has 0 amide bonds. The standard InChI is InChI=1S/C11H13NO2/c1-14-11(13)10-6-8-4-2-3-5-9(8)7-12-10/h2-5,10,12H,6-7H2,1H3/p+1/t10-/m1/s1. The Hall–Kier alpha value is -1.35. The van der Waals surface area contributed by atoms with Crippen molar-refractivity contribution in [3.8, 4) is 0 Å². The van der Waals surface area contributed by atoms with Crippen LogP contribution in [0.15, 0.2) is 24.3 Å². The zero-order chi connectivity index (χ0) is 9.97. The van der Waals surface area contributed by atoms with Gasteiger partial charge in [0.2, 0.25) is 0 Å². The summed E-state index contributed by atoms with van der Waals surface area (Å²) in [5.74, 6) is -0.125. The van der Waals surface area contributed by atoms with E-state index in [1.165, 1.54) is 18.2 Å². The van der Waals surface area contributed by atoms with Crippen LogP contribution in [-0.2, 0) is 22.5 Å². The molecular weight excluding hydrogens is 178 g/mol. The second-order valence-corrected chi connectivity index (χ2v) is 3.54. The molecule has 3 nitrogen and oxygen atoms in total. The maximum atomic E-state index is 11.3. The summed E-state index contributed by atoms with van der Waals surface area (Å²) in [6, 6.07) is 8.18. The molecule has 0 fully saturated rings. The summed E-state index contributed by atoms with van der Waals surface area (Å²) in [5, 5.41) is 2.04. The van der Waals surface area contributed by atoms with E-state index < -0.39 is 0 Å². The first-order valence-corrected chi connectivity index (χ1v) is 4.79. The molecule has 1 aromatic rings. The third-order valence-corrected chi connectivity index (χ3v) is 2.68. The molecule has 0 aromatic heterocycles. The smallest absolute Gasteiger partial charge is 0.364 e. The maximum Gasteiger partial charge on any atom is 0.364 e. The van der Waals surface area contributed by atoms with Gasteiger partial charge in [-0.1, -0.05) is 24.3 Å². The highest BCUT2D eigenvalue weighted by atomic mass is 16.5. The number of nitrogens with two attached hydrogens (primary N) is 1. The highest BCUT2D eigenvalue weighted by Crippen LogP contribution is 2.12. The molecule has 0 spiro atoms. The van der Waals surface area contributed by atoms with E-state index in [0.29, 0.717) is 0 Å². The van der Waals surface area contributed by atoms with Crippen LogP contribution in [0.3, 0.4) is 0 Å². The lowest BCUT2D eigenvalue weighted by Crippen LogP contribution is -2.92. The van der Waals surface area contributed by atoms with Gasteiger partial charge in [-0.15, -0.1) is 0 Å². The lowest BCUT2D eigenvalue weighted by Gasteiger charge is -2.20. The van der Waals surface area contributed by atoms with E-state index >= 15 is 0 Å². The van der Waals surface area contributed by atoms with Gasteiger partial charge in [0, 0.05) is 12.0 Å². The van der Waals surface area contributed by atoms with E-state index in [4.69, 9.17) is 4.74 Å². The lowest BCUT2D eigenvalue weighted by atomic mass is 9.96. The fourth-order valence-corrected chi connectivity index (χ4v) is 1.88. The second-order valence-electron chi connectivity index (χ2n) is 3.54. The second kappa shape index (κ2) is 3.80. The number of methoxy groups -OCH3 is 1. The third kappa shape index (κ3) is 1.63. The van der Waals surface area contributed by atoms with E-state index in [1.54, 1.807) is 0 Å². The van der Waals surface area contributed by atoms with Crippen molar-refractivity contribution >= 4 is 5.97 Å². The summed E-state index contributed by atoms with van der Waals surface area (Å²) < 4.78 is 4.73. The summed E-state index contributed by atoms with van der Waals surface area (Å²) in [7, 11) is 1.44. The van der Waals surface area contributed by atoms with E-state index in [1.807, 2.05) is 17.4 Å². The van der Waals surface area contributed by atoms with Gasteiger partial charge in [-0.05, 0) is 5.56 Å². The molecule has 1 atom stereocenters. The van der Waals surface area contributed by atoms with Gasteiger partial charge in [0.05, 0.1) is 7.11 Å². The summed E-state index contributed by atoms with van der Waals surface area (Å²) in [5.41, 5.74) is 2.60. The Balaban J connectivity index is 2.17. The minimum absolute atomic E-state index is 0.0603. The fourth-order valence-electron chi connectivity index (χ4n) is 1.88. The van der Waals surface area contributed by atoms with Crippen LogP contribution in [0.1, 0.15) is 11.1 Å². The number of benzene rings is 1. The van der Waals surface area contributed by atoms with Crippen LogP contribution < -0.4 is 5.32 Å². The quantitative estimate of drug-likeness (QED) is 0.629. The number of rotatable bonds is 1. The Labute approximate surface area is 83.1 Å². The van der Waals surface area contributed by atoms with Crippen LogP contribution in [0.5, 0.6) is 0 Å². The van der Waals surface area contributed by atoms with Crippen molar-refractivity contribution in [3.05, 3.63) is 35.4 Å². The first kappa shape index (κ1) is 9.21. The molecule has 0 aliphatic carbocycles. The number of esters is 1. The van der Waals surface area contributed by atoms with Gasteiger partial charge in [0.1, 0.15) is 6.54 Å². The molecule has 2 rings (SSSR count). The van der Waals surface area contributed by atoms with Crippen molar-refractivity contribution in [2.45, 2.75) is 19.0 Å². The molecule has 1 aliphatic rings. The molecule has 0 unspecified atom stereocenters. The predicted octanol–water partition coefficient (Wildman–Crippen LogP) is -0.152. The number of quaternary nitrogens is 1. The first-order valence-electron chi connectivity index (χ1n) is 4.79. The van der Waals surface area contributed by atoms with E-state index in [2.05, 4.69) is 12.1 Å². The molecule has 0 radical (unpaired) electrons. The van der Waals surface area contributed by atoms with Gasteiger partial charge in [-0.25, -0.2) is 4.79 Å². The minimum atomic E-state index is -0.125. The Morgan fingerprint density at radius 3 is 2.86 bits per heavy atom. The molecule has 1 aromatic carbocycles. The molecule has 3 heteroatoms. The summed E-state index contributed by atoms with van der Waals surface area (Å²) in [6.45, 7) is 0.871. The van der Waals surface area contributed by atoms with Crippen molar-refractivity contribution in [2.75, 3.05) is 7.11 Å². The molecular formula is C11H14NO2+. The minimum Gasteiger partial charge on any atom is -0.465 e. The van der Waals surface area contributed by atoms with Crippen molar-refractivity contribution in [1.29, 1.82) is 0 Å². The highest BCUT2D eigenvalue weighted by Gasteiger charge is 2.27. The van der Waals surface area contributed by atoms with Gasteiger partial charge in [0.25, 0.3) is 0 Å². The van der Waals surface area contributed by atoms with E-state index in [9.17, 15) is 4.79 Å². The van der Waals surface area contributed by atoms with Crippen LogP contribution in [0.4, 0.5) is 0 Å². The molecule has 0 bridgehead atoms. The largest absolute Gasteiger partial charge is 0.465 e. The third-order valence-electron chi connectivity index (χ3n) is 2.68. The Morgan fingerprint density at radius 2 is 2.14 bits per heavy atom. The monoisotopic (exact) mass is 192 g/mol. The maximum absolute atomic E-state index is 11.3. The highest BCUT2D eigenvalue weighted by molar-refractivity contribution is 5.74. The summed E-state index contributed by atoms with van der Waals surface area (Å²) in [4.78, 5) is 11.3. The fraction of sp³-hybridized carbons (Fsp3) is 0.364. The zero-order valence-corrected chi connectivity index (χ0v) is 8.19. The zero-order valence-electron chi connectivity index (χ0n) is 8.19. The van der Waals surface area contributed by atoms with Gasteiger partial charge in [0.15, 0.2) is 6.04 Å². The summed E-state index contributed by atoms with van der Waals surface area (Å²) in [6.07, 6.45) is 0.781. The Bertz CT molecular complexity index is 349. The number of carbonyl (C=O) groups excluding carboxylic acids is 1. The molecule has 1 aliphatic heterocycles. The van der Waals surface area contributed by atoms with Gasteiger partial charge in [-0.3, -0.25) is 0 Å². The van der Waals surface area contributed by atoms with Crippen LogP contribution in [0.2, 0.25) is 0 Å². The van der Waals surface area contributed by atoms with Crippen LogP contribution in [-0.4, -0.2) is 19.1 Å². The Morgan fingerprint density at radius 1 is 1.43 bits per heavy atom. The molecule has 1 heterocycles. The van der Waals surface area contributed by atoms with Crippen LogP contribution >= 0.6 is 0 Å². The van der Waals surface area contributed by atoms with Crippen molar-refractivity contribution in [2.24, 2.45) is 0 Å². The average Bonchev–Trinajstić information content (AvgIpc) is 2.27. The van der Waals surface area contributed by atoms with E-state index in [-0.39, 0.29) is 12.0 Å². The van der Waals surface area contributed by atoms with Crippen molar-refractivity contribution in [1.82, 2.24) is 0 Å². The van der Waals surface area contributed by atoms with Gasteiger partial charge >= 0.3 is 5.97 Å². The number of hydrogen-bond donors (Lipinski definition) is 1. The first-order chi connectivity index (χ1) is 6.81. The molecule has 0 saturated carbocycles. The van der Waals surface area contributed by atoms with Crippen LogP contribution in [0.25, 0.3) is 0 Å². The van der Waals surface area contributed by atoms with Crippen molar-refractivity contribution in [3.63, 3.8) is 0 Å². The van der Waals surface area contributed by atoms with Gasteiger partial charge < -0.3 is 10.1 Å². The number of fused-ring (bicyclic) bond motifs is 1. The SMILES string of the molecule is COC(=O)[C@H]1Cc2ccccc2C[NH2+]1. The van der Waals surface area contributed by atoms with Crippen molar-refractivity contribution < 1.29 is 14.8 Å². The molecule has 0 saturated heterocycles. The number of ether oxygens (including phenoxy) is 1. The predicted molar refractivity (Wildman–Crippen MR) is 51.6 cm³/mol. The average molecular weight is 192 g/mol. The topological polar surface area (TPSA) is 42.9 Å². The lowest BCUT2D eigenvalue weighted by molar-refractivity contribution is -0.696. The number of hydrogen-bond acceptors (Lipinski definition) is 2. The molecule has 74 valence electrons. The molecule has 2 N–H and O–H groups in total. The summed E-state index contributed by atoms with van der Waals surface area (Å²) >= 11 is 0. The Kier molecular flexibility index (Phi) is 2.50. The number of carbonyl (C=O) groups is 1. The van der Waals surface area contributed by atoms with E-state index in [0.717, 1.165) is 13.0 Å².